The van der Waals surface area contributed by atoms with Gasteiger partial charge in [-0.05, 0) is 47.2 Å². The molecule has 0 saturated heterocycles. The molecule has 1 aliphatic rings. The van der Waals surface area contributed by atoms with E-state index in [2.05, 4.69) is 24.3 Å². The van der Waals surface area contributed by atoms with Gasteiger partial charge < -0.3 is 0 Å². The van der Waals surface area contributed by atoms with E-state index in [4.69, 9.17) is 0 Å². The Morgan fingerprint density at radius 1 is 1.25 bits per heavy atom. The summed E-state index contributed by atoms with van der Waals surface area (Å²) in [5.74, 6) is 0. The van der Waals surface area contributed by atoms with E-state index < -0.39 is 4.92 Å². The van der Waals surface area contributed by atoms with Crippen molar-refractivity contribution in [1.29, 1.82) is 0 Å². The van der Waals surface area contributed by atoms with Crippen LogP contribution in [-0.2, 0) is 0 Å². The fourth-order valence-corrected chi connectivity index (χ4v) is 4.48. The van der Waals surface area contributed by atoms with Crippen molar-refractivity contribution in [1.82, 2.24) is 29.0 Å². The fourth-order valence-electron chi connectivity index (χ4n) is 2.98. The summed E-state index contributed by atoms with van der Waals surface area (Å²) in [7, 11) is 0. The monoisotopic (exact) mass is 363 g/mol. The Bertz CT molecular complexity index is 887. The minimum atomic E-state index is -0.416. The Balaban J connectivity index is 1.71. The molecule has 1 fully saturated rings. The van der Waals surface area contributed by atoms with Crippen molar-refractivity contribution in [3.63, 3.8) is 0 Å². The molecule has 0 bridgehead atoms. The van der Waals surface area contributed by atoms with Gasteiger partial charge in [0.05, 0.1) is 27.6 Å². The van der Waals surface area contributed by atoms with Crippen molar-refractivity contribution in [3.8, 4) is 0 Å². The SMILES string of the molecule is O=[N+]([O-])c1c(Sc2nnnn2C2CCCCC2)ccc2nsnc12. The zero-order chi connectivity index (χ0) is 16.5. The molecular formula is C13H13N7O2S2. The predicted molar refractivity (Wildman–Crippen MR) is 88.1 cm³/mol. The maximum absolute atomic E-state index is 11.5. The van der Waals surface area contributed by atoms with E-state index >= 15 is 0 Å². The van der Waals surface area contributed by atoms with E-state index in [0.29, 0.717) is 21.1 Å². The van der Waals surface area contributed by atoms with Crippen LogP contribution in [-0.4, -0.2) is 33.9 Å². The standard InChI is InChI=1S/C13H13N7O2S2/c21-20(22)12-10(7-6-9-11(12)16-24-15-9)23-13-14-17-18-19(13)8-4-2-1-3-5-8/h6-8H,1-5H2. The van der Waals surface area contributed by atoms with Crippen molar-refractivity contribution >= 4 is 40.2 Å². The molecule has 3 aromatic rings. The van der Waals surface area contributed by atoms with E-state index in [9.17, 15) is 10.1 Å². The molecule has 2 heterocycles. The first-order chi connectivity index (χ1) is 11.7. The average Bonchev–Trinajstić information content (AvgIpc) is 3.24. The van der Waals surface area contributed by atoms with Crippen molar-refractivity contribution < 1.29 is 4.92 Å². The van der Waals surface area contributed by atoms with Crippen molar-refractivity contribution in [2.75, 3.05) is 0 Å². The second kappa shape index (κ2) is 6.40. The number of fused-ring (bicyclic) bond motifs is 1. The number of benzene rings is 1. The number of nitrogens with zero attached hydrogens (tertiary/aromatic N) is 7. The van der Waals surface area contributed by atoms with Crippen molar-refractivity contribution in [2.45, 2.75) is 48.2 Å². The predicted octanol–water partition coefficient (Wildman–Crippen LogP) is 3.24. The van der Waals surface area contributed by atoms with Gasteiger partial charge in [-0.2, -0.15) is 8.75 Å². The fraction of sp³-hybridized carbons (Fsp3) is 0.462. The molecule has 11 heteroatoms. The van der Waals surface area contributed by atoms with Gasteiger partial charge in [-0.3, -0.25) is 10.1 Å². The first-order valence-corrected chi connectivity index (χ1v) is 9.14. The van der Waals surface area contributed by atoms with E-state index in [-0.39, 0.29) is 11.7 Å². The Hall–Kier alpha value is -2.14. The molecule has 1 aromatic carbocycles. The van der Waals surface area contributed by atoms with Gasteiger partial charge >= 0.3 is 5.69 Å². The van der Waals surface area contributed by atoms with Gasteiger partial charge in [-0.25, -0.2) is 4.68 Å². The van der Waals surface area contributed by atoms with Gasteiger partial charge in [0.2, 0.25) is 5.16 Å². The van der Waals surface area contributed by atoms with Crippen LogP contribution in [0.15, 0.2) is 22.2 Å². The van der Waals surface area contributed by atoms with Gasteiger partial charge in [0, 0.05) is 0 Å². The van der Waals surface area contributed by atoms with Crippen LogP contribution in [0.5, 0.6) is 0 Å². The van der Waals surface area contributed by atoms with E-state index in [0.717, 1.165) is 37.4 Å². The summed E-state index contributed by atoms with van der Waals surface area (Å²) in [6.45, 7) is 0. The maximum atomic E-state index is 11.5. The molecule has 0 aliphatic heterocycles. The number of nitro groups is 1. The third-order valence-corrected chi connectivity index (χ3v) is 5.67. The lowest BCUT2D eigenvalue weighted by atomic mass is 9.96. The number of hydrogen-bond acceptors (Lipinski definition) is 9. The number of aromatic nitrogens is 6. The number of tetrazole rings is 1. The highest BCUT2D eigenvalue weighted by atomic mass is 32.2. The largest absolute Gasteiger partial charge is 0.312 e. The van der Waals surface area contributed by atoms with Crippen LogP contribution in [0.1, 0.15) is 38.1 Å². The van der Waals surface area contributed by atoms with Gasteiger partial charge in [-0.15, -0.1) is 5.10 Å². The van der Waals surface area contributed by atoms with E-state index in [1.165, 1.54) is 18.2 Å². The Morgan fingerprint density at radius 3 is 2.88 bits per heavy atom. The molecular weight excluding hydrogens is 350 g/mol. The lowest BCUT2D eigenvalue weighted by Gasteiger charge is -2.21. The minimum Gasteiger partial charge on any atom is -0.258 e. The molecule has 0 N–H and O–H groups in total. The molecule has 0 unspecified atom stereocenters. The van der Waals surface area contributed by atoms with Crippen LogP contribution >= 0.6 is 23.5 Å². The third kappa shape index (κ3) is 2.73. The first-order valence-electron chi connectivity index (χ1n) is 7.59. The molecule has 1 aliphatic carbocycles. The van der Waals surface area contributed by atoms with Crippen LogP contribution in [0.4, 0.5) is 5.69 Å². The maximum Gasteiger partial charge on any atom is 0.312 e. The number of nitro benzene ring substituents is 1. The molecule has 0 radical (unpaired) electrons. The quantitative estimate of drug-likeness (QED) is 0.513. The summed E-state index contributed by atoms with van der Waals surface area (Å²) in [5.41, 5.74) is 0.805. The highest BCUT2D eigenvalue weighted by Crippen LogP contribution is 2.39. The Kier molecular flexibility index (Phi) is 4.10. The van der Waals surface area contributed by atoms with Gasteiger partial charge in [0.1, 0.15) is 5.52 Å². The molecule has 1 saturated carbocycles. The number of hydrogen-bond donors (Lipinski definition) is 0. The molecule has 0 atom stereocenters. The summed E-state index contributed by atoms with van der Waals surface area (Å²) >= 11 is 2.18. The molecule has 0 spiro atoms. The molecule has 9 nitrogen and oxygen atoms in total. The van der Waals surface area contributed by atoms with Crippen molar-refractivity contribution in [2.24, 2.45) is 0 Å². The highest BCUT2D eigenvalue weighted by Gasteiger charge is 2.26. The number of rotatable bonds is 4. The zero-order valence-corrected chi connectivity index (χ0v) is 14.2. The smallest absolute Gasteiger partial charge is 0.258 e. The van der Waals surface area contributed by atoms with Crippen LogP contribution < -0.4 is 0 Å². The van der Waals surface area contributed by atoms with Crippen LogP contribution in [0.2, 0.25) is 0 Å². The second-order valence-corrected chi connectivity index (χ2v) is 7.14. The van der Waals surface area contributed by atoms with Crippen LogP contribution in [0.3, 0.4) is 0 Å². The molecule has 24 heavy (non-hydrogen) atoms. The molecule has 2 aromatic heterocycles. The highest BCUT2D eigenvalue weighted by molar-refractivity contribution is 7.99. The van der Waals surface area contributed by atoms with Crippen molar-refractivity contribution in [3.05, 3.63) is 22.2 Å². The Labute approximate surface area is 144 Å². The lowest BCUT2D eigenvalue weighted by molar-refractivity contribution is -0.386. The van der Waals surface area contributed by atoms with Gasteiger partial charge in [0.15, 0.2) is 5.52 Å². The normalized spacial score (nSPS) is 15.8. The average molecular weight is 363 g/mol. The third-order valence-electron chi connectivity index (χ3n) is 4.13. The minimum absolute atomic E-state index is 0.0376. The molecule has 0 amide bonds. The van der Waals surface area contributed by atoms with Gasteiger partial charge in [-0.1, -0.05) is 19.3 Å². The molecule has 4 rings (SSSR count). The first kappa shape index (κ1) is 15.4. The summed E-state index contributed by atoms with van der Waals surface area (Å²) in [4.78, 5) is 11.6. The summed E-state index contributed by atoms with van der Waals surface area (Å²) < 4.78 is 9.92. The zero-order valence-electron chi connectivity index (χ0n) is 12.5. The Morgan fingerprint density at radius 2 is 2.08 bits per heavy atom. The van der Waals surface area contributed by atoms with E-state index in [1.807, 2.05) is 0 Å². The van der Waals surface area contributed by atoms with Gasteiger partial charge in [0.25, 0.3) is 0 Å². The topological polar surface area (TPSA) is 113 Å². The lowest BCUT2D eigenvalue weighted by Crippen LogP contribution is -2.15. The van der Waals surface area contributed by atoms with Crippen LogP contribution in [0, 0.1) is 10.1 Å². The summed E-state index contributed by atoms with van der Waals surface area (Å²) in [5, 5.41) is 24.0. The summed E-state index contributed by atoms with van der Waals surface area (Å²) in [6.07, 6.45) is 5.63. The summed E-state index contributed by atoms with van der Waals surface area (Å²) in [6, 6.07) is 3.69. The van der Waals surface area contributed by atoms with E-state index in [1.54, 1.807) is 16.8 Å². The second-order valence-electron chi connectivity index (χ2n) is 5.60. The van der Waals surface area contributed by atoms with Crippen LogP contribution in [0.25, 0.3) is 11.0 Å². The molecule has 124 valence electrons.